The van der Waals surface area contributed by atoms with Crippen LogP contribution in [0.5, 0.6) is 5.75 Å². The average molecular weight is 383 g/mol. The molecule has 0 unspecified atom stereocenters. The zero-order valence-electron chi connectivity index (χ0n) is 15.7. The van der Waals surface area contributed by atoms with Crippen molar-refractivity contribution in [2.24, 2.45) is 0 Å². The number of methoxy groups -OCH3 is 1. The number of halogens is 1. The van der Waals surface area contributed by atoms with Crippen molar-refractivity contribution in [3.63, 3.8) is 0 Å². The minimum Gasteiger partial charge on any atom is -0.497 e. The van der Waals surface area contributed by atoms with E-state index in [1.807, 2.05) is 50.5 Å². The Balaban J connectivity index is 0.00000261. The van der Waals surface area contributed by atoms with Gasteiger partial charge in [-0.1, -0.05) is 24.1 Å². The van der Waals surface area contributed by atoms with E-state index in [0.717, 1.165) is 29.2 Å². The molecule has 3 aromatic rings. The molecule has 0 fully saturated rings. The molecule has 0 radical (unpaired) electrons. The molecule has 0 saturated carbocycles. The predicted octanol–water partition coefficient (Wildman–Crippen LogP) is 3.74. The smallest absolute Gasteiger partial charge is 0.181 e. The molecular formula is C21H23ClN4O. The number of ether oxygens (including phenoxy) is 1. The van der Waals surface area contributed by atoms with Gasteiger partial charge in [0.15, 0.2) is 11.6 Å². The molecule has 0 aliphatic rings. The third-order valence-corrected chi connectivity index (χ3v) is 3.94. The SMILES string of the molecule is C#CCn1nc(-c2cccc(CN(C)C)c2)nc1-c1ccc(OC)cc1.Cl. The second-order valence-electron chi connectivity index (χ2n) is 6.29. The van der Waals surface area contributed by atoms with E-state index >= 15 is 0 Å². The minimum absolute atomic E-state index is 0. The Hall–Kier alpha value is -2.81. The summed E-state index contributed by atoms with van der Waals surface area (Å²) in [6.07, 6.45) is 5.52. The number of nitrogens with zero attached hydrogens (tertiary/aromatic N) is 4. The summed E-state index contributed by atoms with van der Waals surface area (Å²) in [6, 6.07) is 16.0. The van der Waals surface area contributed by atoms with Crippen molar-refractivity contribution in [1.29, 1.82) is 0 Å². The first-order valence-electron chi connectivity index (χ1n) is 8.37. The highest BCUT2D eigenvalue weighted by Gasteiger charge is 2.13. The third-order valence-electron chi connectivity index (χ3n) is 3.94. The molecule has 0 aliphatic carbocycles. The molecule has 2 aromatic carbocycles. The molecule has 0 aliphatic heterocycles. The second kappa shape index (κ2) is 9.22. The lowest BCUT2D eigenvalue weighted by atomic mass is 10.1. The normalized spacial score (nSPS) is 10.3. The summed E-state index contributed by atoms with van der Waals surface area (Å²) in [5, 5.41) is 4.63. The van der Waals surface area contributed by atoms with Crippen molar-refractivity contribution in [2.45, 2.75) is 13.1 Å². The molecule has 0 bridgehead atoms. The Morgan fingerprint density at radius 1 is 1.11 bits per heavy atom. The zero-order valence-corrected chi connectivity index (χ0v) is 16.5. The molecule has 3 rings (SSSR count). The molecule has 0 saturated heterocycles. The van der Waals surface area contributed by atoms with Crippen LogP contribution in [0.25, 0.3) is 22.8 Å². The van der Waals surface area contributed by atoms with Crippen LogP contribution in [-0.4, -0.2) is 40.9 Å². The minimum atomic E-state index is 0. The molecule has 5 nitrogen and oxygen atoms in total. The van der Waals surface area contributed by atoms with E-state index in [4.69, 9.17) is 16.1 Å². The fraction of sp³-hybridized carbons (Fsp3) is 0.238. The van der Waals surface area contributed by atoms with Crippen molar-refractivity contribution >= 4 is 12.4 Å². The first kappa shape index (κ1) is 20.5. The zero-order chi connectivity index (χ0) is 18.5. The number of hydrogen-bond acceptors (Lipinski definition) is 4. The van der Waals surface area contributed by atoms with Crippen LogP contribution >= 0.6 is 12.4 Å². The van der Waals surface area contributed by atoms with Crippen LogP contribution in [0.3, 0.4) is 0 Å². The van der Waals surface area contributed by atoms with Gasteiger partial charge < -0.3 is 9.64 Å². The van der Waals surface area contributed by atoms with Crippen LogP contribution in [0.1, 0.15) is 5.56 Å². The van der Waals surface area contributed by atoms with Gasteiger partial charge in [0, 0.05) is 17.7 Å². The topological polar surface area (TPSA) is 43.2 Å². The standard InChI is InChI=1S/C21H22N4O.ClH/c1-5-13-25-21(17-9-11-19(26-4)12-10-17)22-20(23-25)18-8-6-7-16(14-18)15-24(2)3;/h1,6-12,14H,13,15H2,2-4H3;1H. The highest BCUT2D eigenvalue weighted by atomic mass is 35.5. The van der Waals surface area contributed by atoms with Crippen LogP contribution in [0.4, 0.5) is 0 Å². The average Bonchev–Trinajstić information content (AvgIpc) is 3.06. The lowest BCUT2D eigenvalue weighted by Gasteiger charge is -2.09. The molecule has 1 aromatic heterocycles. The lowest BCUT2D eigenvalue weighted by Crippen LogP contribution is -2.10. The van der Waals surface area contributed by atoms with Gasteiger partial charge in [-0.3, -0.25) is 0 Å². The number of terminal acetylenes is 1. The van der Waals surface area contributed by atoms with Crippen molar-refractivity contribution in [2.75, 3.05) is 21.2 Å². The predicted molar refractivity (Wildman–Crippen MR) is 111 cm³/mol. The first-order valence-corrected chi connectivity index (χ1v) is 8.37. The van der Waals surface area contributed by atoms with Crippen LogP contribution in [0, 0.1) is 12.3 Å². The van der Waals surface area contributed by atoms with Gasteiger partial charge in [-0.15, -0.1) is 23.9 Å². The fourth-order valence-corrected chi connectivity index (χ4v) is 2.79. The molecular weight excluding hydrogens is 360 g/mol. The van der Waals surface area contributed by atoms with Crippen molar-refractivity contribution < 1.29 is 4.74 Å². The molecule has 140 valence electrons. The monoisotopic (exact) mass is 382 g/mol. The van der Waals surface area contributed by atoms with Crippen LogP contribution in [-0.2, 0) is 13.1 Å². The lowest BCUT2D eigenvalue weighted by molar-refractivity contribution is 0.402. The van der Waals surface area contributed by atoms with E-state index in [-0.39, 0.29) is 12.4 Å². The number of aromatic nitrogens is 3. The molecule has 0 spiro atoms. The van der Waals surface area contributed by atoms with Gasteiger partial charge in [0.25, 0.3) is 0 Å². The van der Waals surface area contributed by atoms with Gasteiger partial charge >= 0.3 is 0 Å². The van der Waals surface area contributed by atoms with Crippen molar-refractivity contribution in [3.8, 4) is 40.9 Å². The molecule has 1 heterocycles. The summed E-state index contributed by atoms with van der Waals surface area (Å²) in [5.41, 5.74) is 3.14. The van der Waals surface area contributed by atoms with E-state index < -0.39 is 0 Å². The Kier molecular flexibility index (Phi) is 7.00. The summed E-state index contributed by atoms with van der Waals surface area (Å²) in [4.78, 5) is 6.88. The van der Waals surface area contributed by atoms with E-state index in [0.29, 0.717) is 12.4 Å². The van der Waals surface area contributed by atoms with Gasteiger partial charge in [-0.25, -0.2) is 9.67 Å². The van der Waals surface area contributed by atoms with Crippen LogP contribution in [0.2, 0.25) is 0 Å². The summed E-state index contributed by atoms with van der Waals surface area (Å²) < 4.78 is 6.98. The Morgan fingerprint density at radius 3 is 2.48 bits per heavy atom. The van der Waals surface area contributed by atoms with Gasteiger partial charge in [-0.05, 0) is 50.0 Å². The number of hydrogen-bond donors (Lipinski definition) is 0. The Morgan fingerprint density at radius 2 is 1.85 bits per heavy atom. The Bertz CT molecular complexity index is 926. The number of rotatable bonds is 6. The maximum Gasteiger partial charge on any atom is 0.181 e. The Labute approximate surface area is 166 Å². The van der Waals surface area contributed by atoms with E-state index in [9.17, 15) is 0 Å². The van der Waals surface area contributed by atoms with Crippen LogP contribution in [0.15, 0.2) is 48.5 Å². The molecule has 6 heteroatoms. The van der Waals surface area contributed by atoms with Crippen molar-refractivity contribution in [1.82, 2.24) is 19.7 Å². The summed E-state index contributed by atoms with van der Waals surface area (Å²) in [6.45, 7) is 1.23. The van der Waals surface area contributed by atoms with Crippen molar-refractivity contribution in [3.05, 3.63) is 54.1 Å². The summed E-state index contributed by atoms with van der Waals surface area (Å²) in [5.74, 6) is 4.87. The van der Waals surface area contributed by atoms with Crippen LogP contribution < -0.4 is 4.74 Å². The maximum atomic E-state index is 5.52. The third kappa shape index (κ3) is 4.88. The van der Waals surface area contributed by atoms with Gasteiger partial charge in [0.2, 0.25) is 0 Å². The van der Waals surface area contributed by atoms with Gasteiger partial charge in [-0.2, -0.15) is 0 Å². The largest absolute Gasteiger partial charge is 0.497 e. The molecule has 0 N–H and O–H groups in total. The van der Waals surface area contributed by atoms with E-state index in [1.54, 1.807) is 11.8 Å². The molecule has 27 heavy (non-hydrogen) atoms. The second-order valence-corrected chi connectivity index (χ2v) is 6.29. The highest BCUT2D eigenvalue weighted by molar-refractivity contribution is 5.85. The maximum absolute atomic E-state index is 5.52. The molecule has 0 atom stereocenters. The van der Waals surface area contributed by atoms with Gasteiger partial charge in [0.1, 0.15) is 12.3 Å². The van der Waals surface area contributed by atoms with E-state index in [2.05, 4.69) is 28.1 Å². The summed E-state index contributed by atoms with van der Waals surface area (Å²) in [7, 11) is 5.75. The van der Waals surface area contributed by atoms with E-state index in [1.165, 1.54) is 5.56 Å². The highest BCUT2D eigenvalue weighted by Crippen LogP contribution is 2.25. The quantitative estimate of drug-likeness (QED) is 0.609. The fourth-order valence-electron chi connectivity index (χ4n) is 2.79. The van der Waals surface area contributed by atoms with Gasteiger partial charge in [0.05, 0.1) is 7.11 Å². The summed E-state index contributed by atoms with van der Waals surface area (Å²) >= 11 is 0. The number of benzene rings is 2. The first-order chi connectivity index (χ1) is 12.6. The molecule has 0 amide bonds.